The van der Waals surface area contributed by atoms with Crippen molar-refractivity contribution in [3.63, 3.8) is 0 Å². The van der Waals surface area contributed by atoms with Crippen LogP contribution in [0.2, 0.25) is 0 Å². The lowest BCUT2D eigenvalue weighted by Gasteiger charge is -2.23. The third-order valence-corrected chi connectivity index (χ3v) is 4.22. The molecule has 2 rings (SSSR count). The Kier molecular flexibility index (Phi) is 7.65. The Labute approximate surface area is 139 Å². The van der Waals surface area contributed by atoms with Crippen molar-refractivity contribution in [2.24, 2.45) is 0 Å². The van der Waals surface area contributed by atoms with E-state index in [9.17, 15) is 5.11 Å². The van der Waals surface area contributed by atoms with E-state index in [1.54, 1.807) is 14.2 Å². The smallest absolute Gasteiger partial charge is 0.124 e. The van der Waals surface area contributed by atoms with Crippen molar-refractivity contribution in [1.29, 1.82) is 0 Å². The van der Waals surface area contributed by atoms with E-state index in [4.69, 9.17) is 14.2 Å². The topological polar surface area (TPSA) is 51.2 Å². The Balaban J connectivity index is 1.77. The highest BCUT2D eigenvalue weighted by atomic mass is 16.5. The third kappa shape index (κ3) is 6.01. The largest absolute Gasteiger partial charge is 0.497 e. The molecular weight excluding hydrogens is 294 g/mol. The molecule has 0 amide bonds. The first-order valence-corrected chi connectivity index (χ1v) is 8.42. The van der Waals surface area contributed by atoms with Gasteiger partial charge in [-0.05, 0) is 44.1 Å². The summed E-state index contributed by atoms with van der Waals surface area (Å²) in [6, 6.07) is 5.63. The van der Waals surface area contributed by atoms with Crippen molar-refractivity contribution in [2.75, 3.05) is 40.5 Å². The Hall–Kier alpha value is -1.30. The van der Waals surface area contributed by atoms with Crippen LogP contribution in [-0.2, 0) is 11.3 Å². The SMILES string of the molecule is COc1ccc(OC)c(COC[C@@H](O)CN2CCCCCC2)c1. The molecule has 130 valence electrons. The molecule has 0 bridgehead atoms. The zero-order chi connectivity index (χ0) is 16.5. The first-order valence-electron chi connectivity index (χ1n) is 8.42. The number of rotatable bonds is 8. The van der Waals surface area contributed by atoms with Crippen LogP contribution in [0.4, 0.5) is 0 Å². The molecular formula is C18H29NO4. The van der Waals surface area contributed by atoms with Gasteiger partial charge in [0.05, 0.1) is 33.5 Å². The van der Waals surface area contributed by atoms with Crippen LogP contribution in [-0.4, -0.2) is 56.6 Å². The molecule has 0 aliphatic carbocycles. The van der Waals surface area contributed by atoms with Gasteiger partial charge in [-0.1, -0.05) is 12.8 Å². The molecule has 1 atom stereocenters. The van der Waals surface area contributed by atoms with E-state index in [1.807, 2.05) is 18.2 Å². The maximum atomic E-state index is 10.2. The minimum Gasteiger partial charge on any atom is -0.497 e. The number of hydrogen-bond donors (Lipinski definition) is 1. The summed E-state index contributed by atoms with van der Waals surface area (Å²) in [5, 5.41) is 10.2. The molecule has 0 spiro atoms. The van der Waals surface area contributed by atoms with Gasteiger partial charge in [-0.15, -0.1) is 0 Å². The van der Waals surface area contributed by atoms with Gasteiger partial charge in [-0.2, -0.15) is 0 Å². The van der Waals surface area contributed by atoms with Crippen molar-refractivity contribution in [3.05, 3.63) is 23.8 Å². The molecule has 0 saturated carbocycles. The van der Waals surface area contributed by atoms with Crippen LogP contribution in [0.3, 0.4) is 0 Å². The van der Waals surface area contributed by atoms with E-state index >= 15 is 0 Å². The summed E-state index contributed by atoms with van der Waals surface area (Å²) >= 11 is 0. The molecule has 1 heterocycles. The van der Waals surface area contributed by atoms with E-state index < -0.39 is 6.10 Å². The fraction of sp³-hybridized carbons (Fsp3) is 0.667. The zero-order valence-corrected chi connectivity index (χ0v) is 14.3. The second-order valence-electron chi connectivity index (χ2n) is 6.06. The van der Waals surface area contributed by atoms with Crippen LogP contribution in [0.1, 0.15) is 31.2 Å². The summed E-state index contributed by atoms with van der Waals surface area (Å²) in [5.74, 6) is 1.54. The normalized spacial score (nSPS) is 17.5. The molecule has 23 heavy (non-hydrogen) atoms. The predicted molar refractivity (Wildman–Crippen MR) is 90.1 cm³/mol. The van der Waals surface area contributed by atoms with Crippen LogP contribution in [0.5, 0.6) is 11.5 Å². The number of methoxy groups -OCH3 is 2. The van der Waals surface area contributed by atoms with Crippen LogP contribution in [0, 0.1) is 0 Å². The molecule has 1 N–H and O–H groups in total. The van der Waals surface area contributed by atoms with Crippen molar-refractivity contribution in [2.45, 2.75) is 38.4 Å². The van der Waals surface area contributed by atoms with Gasteiger partial charge < -0.3 is 24.2 Å². The summed E-state index contributed by atoms with van der Waals surface area (Å²) in [7, 11) is 3.27. The predicted octanol–water partition coefficient (Wildman–Crippen LogP) is 2.46. The molecule has 1 aromatic rings. The lowest BCUT2D eigenvalue weighted by Crippen LogP contribution is -2.35. The zero-order valence-electron chi connectivity index (χ0n) is 14.3. The van der Waals surface area contributed by atoms with E-state index in [0.717, 1.165) is 30.2 Å². The third-order valence-electron chi connectivity index (χ3n) is 4.22. The van der Waals surface area contributed by atoms with Gasteiger partial charge in [0.2, 0.25) is 0 Å². The summed E-state index contributed by atoms with van der Waals surface area (Å²) in [6.45, 7) is 3.59. The van der Waals surface area contributed by atoms with Crippen LogP contribution in [0.25, 0.3) is 0 Å². The van der Waals surface area contributed by atoms with E-state index in [1.165, 1.54) is 25.7 Å². The fourth-order valence-corrected chi connectivity index (χ4v) is 2.97. The van der Waals surface area contributed by atoms with Crippen LogP contribution < -0.4 is 9.47 Å². The van der Waals surface area contributed by atoms with Gasteiger partial charge in [0, 0.05) is 12.1 Å². The lowest BCUT2D eigenvalue weighted by atomic mass is 10.2. The second-order valence-corrected chi connectivity index (χ2v) is 6.06. The van der Waals surface area contributed by atoms with Crippen molar-refractivity contribution >= 4 is 0 Å². The fourth-order valence-electron chi connectivity index (χ4n) is 2.97. The molecule has 1 aliphatic heterocycles. The van der Waals surface area contributed by atoms with Gasteiger partial charge in [0.25, 0.3) is 0 Å². The number of aliphatic hydroxyl groups excluding tert-OH is 1. The number of β-amino-alcohol motifs (C(OH)–C–C–N with tert-alkyl or cyclic N) is 1. The van der Waals surface area contributed by atoms with E-state index in [-0.39, 0.29) is 0 Å². The minimum atomic E-state index is -0.454. The molecule has 1 aliphatic rings. The maximum Gasteiger partial charge on any atom is 0.124 e. The van der Waals surface area contributed by atoms with Crippen LogP contribution >= 0.6 is 0 Å². The van der Waals surface area contributed by atoms with Crippen molar-refractivity contribution in [1.82, 2.24) is 4.90 Å². The molecule has 5 heteroatoms. The maximum absolute atomic E-state index is 10.2. The average molecular weight is 323 g/mol. The van der Waals surface area contributed by atoms with Crippen molar-refractivity contribution in [3.8, 4) is 11.5 Å². The second kappa shape index (κ2) is 9.75. The highest BCUT2D eigenvalue weighted by Gasteiger charge is 2.14. The van der Waals surface area contributed by atoms with E-state index in [2.05, 4.69) is 4.90 Å². The Morgan fingerprint density at radius 2 is 1.83 bits per heavy atom. The van der Waals surface area contributed by atoms with Crippen LogP contribution in [0.15, 0.2) is 18.2 Å². The molecule has 1 aromatic carbocycles. The van der Waals surface area contributed by atoms with Gasteiger partial charge in [0.15, 0.2) is 0 Å². The van der Waals surface area contributed by atoms with Gasteiger partial charge in [-0.3, -0.25) is 0 Å². The van der Waals surface area contributed by atoms with E-state index in [0.29, 0.717) is 19.8 Å². The molecule has 5 nitrogen and oxygen atoms in total. The quantitative estimate of drug-likeness (QED) is 0.796. The Morgan fingerprint density at radius 1 is 1.09 bits per heavy atom. The molecule has 1 fully saturated rings. The Bertz CT molecular complexity index is 458. The van der Waals surface area contributed by atoms with Gasteiger partial charge in [-0.25, -0.2) is 0 Å². The number of benzene rings is 1. The first kappa shape index (κ1) is 18.0. The molecule has 0 unspecified atom stereocenters. The Morgan fingerprint density at radius 3 is 2.48 bits per heavy atom. The average Bonchev–Trinajstić information content (AvgIpc) is 2.83. The van der Waals surface area contributed by atoms with Gasteiger partial charge >= 0.3 is 0 Å². The molecule has 1 saturated heterocycles. The monoisotopic (exact) mass is 323 g/mol. The summed E-state index contributed by atoms with van der Waals surface area (Å²) < 4.78 is 16.2. The standard InChI is InChI=1S/C18H29NO4/c1-21-17-7-8-18(22-2)15(11-17)13-23-14-16(20)12-19-9-5-3-4-6-10-19/h7-8,11,16,20H,3-6,9-10,12-14H2,1-2H3/t16-/m0/s1. The minimum absolute atomic E-state index is 0.330. The summed E-state index contributed by atoms with van der Waals surface area (Å²) in [5.41, 5.74) is 0.925. The highest BCUT2D eigenvalue weighted by molar-refractivity contribution is 5.39. The number of hydrogen-bond acceptors (Lipinski definition) is 5. The number of ether oxygens (including phenoxy) is 3. The molecule has 0 radical (unpaired) electrons. The lowest BCUT2D eigenvalue weighted by molar-refractivity contribution is 0.00989. The summed E-state index contributed by atoms with van der Waals surface area (Å²) in [4.78, 5) is 2.34. The molecule has 0 aromatic heterocycles. The number of likely N-dealkylation sites (tertiary alicyclic amines) is 1. The summed E-state index contributed by atoms with van der Waals surface area (Å²) in [6.07, 6.45) is 4.62. The number of nitrogens with zero attached hydrogens (tertiary/aromatic N) is 1. The van der Waals surface area contributed by atoms with Crippen molar-refractivity contribution < 1.29 is 19.3 Å². The number of aliphatic hydroxyl groups is 1. The first-order chi connectivity index (χ1) is 11.2. The van der Waals surface area contributed by atoms with Gasteiger partial charge in [0.1, 0.15) is 11.5 Å². The highest BCUT2D eigenvalue weighted by Crippen LogP contribution is 2.24.